The van der Waals surface area contributed by atoms with Crippen LogP contribution in [0.4, 0.5) is 0 Å². The minimum Gasteiger partial charge on any atom is -0.492 e. The first-order valence-corrected chi connectivity index (χ1v) is 9.10. The molecule has 1 fully saturated rings. The predicted octanol–water partition coefficient (Wildman–Crippen LogP) is 4.43. The largest absolute Gasteiger partial charge is 0.492 e. The summed E-state index contributed by atoms with van der Waals surface area (Å²) in [4.78, 5) is 4.50. The molecule has 3 aromatic rings. The van der Waals surface area contributed by atoms with Gasteiger partial charge in [0.05, 0.1) is 23.5 Å². The van der Waals surface area contributed by atoms with Crippen molar-refractivity contribution < 1.29 is 4.74 Å². The van der Waals surface area contributed by atoms with Crippen molar-refractivity contribution >= 4 is 36.4 Å². The van der Waals surface area contributed by atoms with E-state index >= 15 is 0 Å². The Morgan fingerprint density at radius 2 is 1.89 bits per heavy atom. The van der Waals surface area contributed by atoms with Crippen LogP contribution < -0.4 is 10.5 Å². The molecule has 28 heavy (non-hydrogen) atoms. The van der Waals surface area contributed by atoms with Crippen molar-refractivity contribution in [2.45, 2.75) is 31.7 Å². The normalized spacial score (nSPS) is 17.8. The molecule has 0 spiro atoms. The molecule has 1 aromatic carbocycles. The van der Waals surface area contributed by atoms with Crippen LogP contribution in [0.15, 0.2) is 42.6 Å². The number of nitrogens with two attached hydrogens (primary N) is 1. The van der Waals surface area contributed by atoms with Crippen LogP contribution in [0.25, 0.3) is 17.2 Å². The van der Waals surface area contributed by atoms with E-state index in [1.807, 2.05) is 47.9 Å². The Kier molecular flexibility index (Phi) is 7.66. The number of aromatic nitrogens is 4. The summed E-state index contributed by atoms with van der Waals surface area (Å²) in [6.45, 7) is 2.54. The zero-order valence-corrected chi connectivity index (χ0v) is 17.7. The molecule has 150 valence electrons. The number of hydrogen-bond acceptors (Lipinski definition) is 5. The van der Waals surface area contributed by atoms with Gasteiger partial charge in [-0.05, 0) is 44.0 Å². The molecule has 1 aliphatic rings. The summed E-state index contributed by atoms with van der Waals surface area (Å²) in [6.07, 6.45) is 3.50. The second-order valence-electron chi connectivity index (χ2n) is 6.41. The molecule has 1 saturated carbocycles. The van der Waals surface area contributed by atoms with E-state index in [4.69, 9.17) is 22.1 Å². The van der Waals surface area contributed by atoms with Crippen LogP contribution in [0.5, 0.6) is 5.75 Å². The molecule has 0 atom stereocenters. The van der Waals surface area contributed by atoms with Gasteiger partial charge in [-0.3, -0.25) is 4.57 Å². The number of pyridine rings is 1. The highest BCUT2D eigenvalue weighted by Gasteiger charge is 2.33. The van der Waals surface area contributed by atoms with Crippen molar-refractivity contribution in [3.05, 3.63) is 53.4 Å². The van der Waals surface area contributed by atoms with Gasteiger partial charge >= 0.3 is 0 Å². The van der Waals surface area contributed by atoms with Crippen LogP contribution in [0.3, 0.4) is 0 Å². The van der Waals surface area contributed by atoms with Crippen molar-refractivity contribution in [1.29, 1.82) is 0 Å². The molecular weight excluding hydrogens is 421 g/mol. The molecule has 0 unspecified atom stereocenters. The van der Waals surface area contributed by atoms with E-state index in [2.05, 4.69) is 15.2 Å². The van der Waals surface area contributed by atoms with Gasteiger partial charge in [-0.1, -0.05) is 23.7 Å². The lowest BCUT2D eigenvalue weighted by atomic mass is 9.80. The number of hydrogen-bond donors (Lipinski definition) is 1. The summed E-state index contributed by atoms with van der Waals surface area (Å²) in [5, 5.41) is 9.51. The van der Waals surface area contributed by atoms with Crippen molar-refractivity contribution in [3.63, 3.8) is 0 Å². The fourth-order valence-corrected chi connectivity index (χ4v) is 3.45. The lowest BCUT2D eigenvalue weighted by Crippen LogP contribution is -2.36. The predicted molar refractivity (Wildman–Crippen MR) is 115 cm³/mol. The van der Waals surface area contributed by atoms with E-state index in [0.717, 1.165) is 35.8 Å². The molecule has 0 amide bonds. The molecule has 4 rings (SSSR count). The second-order valence-corrected chi connectivity index (χ2v) is 6.82. The Bertz CT molecular complexity index is 910. The van der Waals surface area contributed by atoms with Gasteiger partial charge in [0.1, 0.15) is 17.3 Å². The van der Waals surface area contributed by atoms with Crippen LogP contribution in [0, 0.1) is 0 Å². The summed E-state index contributed by atoms with van der Waals surface area (Å²) < 4.78 is 7.47. The maximum absolute atomic E-state index is 6.47. The van der Waals surface area contributed by atoms with Crippen LogP contribution >= 0.6 is 36.4 Å². The summed E-state index contributed by atoms with van der Waals surface area (Å²) in [5.74, 6) is 2.55. The molecule has 2 aromatic heterocycles. The number of benzene rings is 1. The highest BCUT2D eigenvalue weighted by Crippen LogP contribution is 2.38. The van der Waals surface area contributed by atoms with E-state index < -0.39 is 0 Å². The first kappa shape index (κ1) is 22.4. The summed E-state index contributed by atoms with van der Waals surface area (Å²) >= 11 is 6.47. The van der Waals surface area contributed by atoms with Gasteiger partial charge in [0.15, 0.2) is 5.82 Å². The van der Waals surface area contributed by atoms with E-state index in [1.54, 1.807) is 6.20 Å². The molecule has 1 aliphatic carbocycles. The second kappa shape index (κ2) is 9.56. The number of halogens is 3. The Morgan fingerprint density at radius 3 is 2.50 bits per heavy atom. The first-order chi connectivity index (χ1) is 12.7. The lowest BCUT2D eigenvalue weighted by molar-refractivity contribution is 0.335. The summed E-state index contributed by atoms with van der Waals surface area (Å²) in [6, 6.07) is 11.7. The van der Waals surface area contributed by atoms with Gasteiger partial charge < -0.3 is 10.5 Å². The topological polar surface area (TPSA) is 78.9 Å². The van der Waals surface area contributed by atoms with E-state index in [0.29, 0.717) is 17.5 Å². The maximum atomic E-state index is 6.47. The smallest absolute Gasteiger partial charge is 0.187 e. The van der Waals surface area contributed by atoms with Crippen molar-refractivity contribution in [1.82, 2.24) is 19.7 Å². The molecule has 9 heteroatoms. The van der Waals surface area contributed by atoms with Crippen LogP contribution in [0.2, 0.25) is 5.02 Å². The van der Waals surface area contributed by atoms with Crippen molar-refractivity contribution in [3.8, 4) is 23.0 Å². The average molecular weight is 443 g/mol. The fraction of sp³-hybridized carbons (Fsp3) is 0.316. The van der Waals surface area contributed by atoms with Crippen LogP contribution in [-0.4, -0.2) is 32.4 Å². The van der Waals surface area contributed by atoms with Gasteiger partial charge in [-0.2, -0.15) is 0 Å². The molecule has 0 aliphatic heterocycles. The number of nitrogens with zero attached hydrogens (tertiary/aromatic N) is 4. The van der Waals surface area contributed by atoms with Crippen LogP contribution in [0.1, 0.15) is 31.5 Å². The highest BCUT2D eigenvalue weighted by molar-refractivity contribution is 6.32. The van der Waals surface area contributed by atoms with Gasteiger partial charge in [-0.25, -0.2) is 4.98 Å². The minimum absolute atomic E-state index is 0. The third-order valence-corrected chi connectivity index (χ3v) is 4.92. The van der Waals surface area contributed by atoms with Gasteiger partial charge in [0, 0.05) is 12.0 Å². The van der Waals surface area contributed by atoms with Gasteiger partial charge in [-0.15, -0.1) is 35.0 Å². The van der Waals surface area contributed by atoms with E-state index in [1.165, 1.54) is 0 Å². The fourth-order valence-electron chi connectivity index (χ4n) is 3.23. The Balaban J connectivity index is 0.00000140. The number of rotatable bonds is 5. The van der Waals surface area contributed by atoms with Crippen molar-refractivity contribution in [2.24, 2.45) is 5.73 Å². The minimum atomic E-state index is 0. The zero-order chi connectivity index (χ0) is 18.1. The van der Waals surface area contributed by atoms with Gasteiger partial charge in [0.25, 0.3) is 0 Å². The molecule has 0 bridgehead atoms. The zero-order valence-electron chi connectivity index (χ0n) is 15.3. The molecule has 0 saturated heterocycles. The number of para-hydroxylation sites is 1. The average Bonchev–Trinajstić information content (AvgIpc) is 3.04. The summed E-state index contributed by atoms with van der Waals surface area (Å²) in [7, 11) is 0. The monoisotopic (exact) mass is 441 g/mol. The van der Waals surface area contributed by atoms with E-state index in [9.17, 15) is 0 Å². The molecular formula is C19H22Cl3N5O. The van der Waals surface area contributed by atoms with Gasteiger partial charge in [0.2, 0.25) is 0 Å². The Morgan fingerprint density at radius 1 is 1.14 bits per heavy atom. The standard InChI is InChI=1S/C19H20ClN5O.2ClH/c1-2-26-14-7-8-16(22-11-14)19-24-23-18(12-9-13(21)10-12)25(19)17-6-4-3-5-15(17)20;;/h3-8,11-13H,2,9-10,21H2,1H3;2*1H. The first-order valence-electron chi connectivity index (χ1n) is 8.72. The molecule has 0 radical (unpaired) electrons. The maximum Gasteiger partial charge on any atom is 0.187 e. The van der Waals surface area contributed by atoms with Crippen LogP contribution in [-0.2, 0) is 0 Å². The molecule has 6 nitrogen and oxygen atoms in total. The highest BCUT2D eigenvalue weighted by atomic mass is 35.5. The molecule has 2 N–H and O–H groups in total. The third-order valence-electron chi connectivity index (χ3n) is 4.60. The quantitative estimate of drug-likeness (QED) is 0.632. The van der Waals surface area contributed by atoms with E-state index in [-0.39, 0.29) is 36.8 Å². The lowest BCUT2D eigenvalue weighted by Gasteiger charge is -2.31. The SMILES string of the molecule is CCOc1ccc(-c2nnc(C3CC(N)C3)n2-c2ccccc2Cl)nc1.Cl.Cl. The molecule has 2 heterocycles. The Labute approximate surface area is 181 Å². The number of ether oxygens (including phenoxy) is 1. The third kappa shape index (κ3) is 4.25. The summed E-state index contributed by atoms with van der Waals surface area (Å²) in [5.41, 5.74) is 7.54. The van der Waals surface area contributed by atoms with Crippen molar-refractivity contribution in [2.75, 3.05) is 6.61 Å². The Hall–Kier alpha value is -1.86.